The van der Waals surface area contributed by atoms with Crippen molar-refractivity contribution in [2.24, 2.45) is 5.41 Å². The van der Waals surface area contributed by atoms with Gasteiger partial charge in [-0.25, -0.2) is 9.97 Å². The number of anilines is 1. The summed E-state index contributed by atoms with van der Waals surface area (Å²) in [6, 6.07) is 1.88. The van der Waals surface area contributed by atoms with Gasteiger partial charge in [0.1, 0.15) is 11.6 Å². The molecule has 4 heteroatoms. The number of aliphatic hydroxyl groups is 1. The smallest absolute Gasteiger partial charge is 0.129 e. The average molecular weight is 207 g/mol. The molecule has 2 rings (SSSR count). The lowest BCUT2D eigenvalue weighted by molar-refractivity contribution is 0.253. The molecule has 0 amide bonds. The van der Waals surface area contributed by atoms with Crippen molar-refractivity contribution in [3.8, 4) is 0 Å². The number of nitrogens with zero attached hydrogens (tertiary/aromatic N) is 2. The first kappa shape index (κ1) is 10.4. The Balaban J connectivity index is 1.88. The van der Waals surface area contributed by atoms with E-state index < -0.39 is 0 Å². The van der Waals surface area contributed by atoms with E-state index in [0.29, 0.717) is 5.41 Å². The van der Waals surface area contributed by atoms with E-state index in [1.165, 1.54) is 12.8 Å². The SMILES string of the molecule is Cc1nccc(NCC2(CCO)CC2)n1. The molecule has 1 heterocycles. The molecule has 82 valence electrons. The highest BCUT2D eigenvalue weighted by Gasteiger charge is 2.41. The van der Waals surface area contributed by atoms with Crippen molar-refractivity contribution < 1.29 is 5.11 Å². The van der Waals surface area contributed by atoms with E-state index in [1.54, 1.807) is 6.20 Å². The van der Waals surface area contributed by atoms with E-state index in [9.17, 15) is 0 Å². The first-order valence-corrected chi connectivity index (χ1v) is 5.39. The van der Waals surface area contributed by atoms with E-state index in [4.69, 9.17) is 5.11 Å². The van der Waals surface area contributed by atoms with Crippen LogP contribution in [0.4, 0.5) is 5.82 Å². The summed E-state index contributed by atoms with van der Waals surface area (Å²) in [5.41, 5.74) is 0.327. The quantitative estimate of drug-likeness (QED) is 0.765. The summed E-state index contributed by atoms with van der Waals surface area (Å²) in [5.74, 6) is 1.67. The van der Waals surface area contributed by atoms with Crippen molar-refractivity contribution >= 4 is 5.82 Å². The Morgan fingerprint density at radius 2 is 2.33 bits per heavy atom. The zero-order chi connectivity index (χ0) is 10.7. The molecule has 0 radical (unpaired) electrons. The molecular formula is C11H17N3O. The molecule has 2 N–H and O–H groups in total. The van der Waals surface area contributed by atoms with Gasteiger partial charge in [-0.3, -0.25) is 0 Å². The number of aromatic nitrogens is 2. The van der Waals surface area contributed by atoms with Crippen LogP contribution in [0.3, 0.4) is 0 Å². The van der Waals surface area contributed by atoms with Gasteiger partial charge in [-0.05, 0) is 37.7 Å². The van der Waals surface area contributed by atoms with Crippen LogP contribution in [0.25, 0.3) is 0 Å². The van der Waals surface area contributed by atoms with Gasteiger partial charge in [-0.2, -0.15) is 0 Å². The highest BCUT2D eigenvalue weighted by Crippen LogP contribution is 2.48. The summed E-state index contributed by atoms with van der Waals surface area (Å²) < 4.78 is 0. The molecule has 1 aliphatic rings. The molecule has 0 saturated heterocycles. The highest BCUT2D eigenvalue weighted by molar-refractivity contribution is 5.33. The molecule has 0 spiro atoms. The second-order valence-electron chi connectivity index (χ2n) is 4.32. The molecule has 1 aromatic heterocycles. The molecule has 0 atom stereocenters. The Morgan fingerprint density at radius 1 is 1.53 bits per heavy atom. The molecule has 1 fully saturated rings. The molecule has 1 aliphatic carbocycles. The van der Waals surface area contributed by atoms with Gasteiger partial charge in [0.25, 0.3) is 0 Å². The van der Waals surface area contributed by atoms with E-state index in [0.717, 1.165) is 24.6 Å². The monoisotopic (exact) mass is 207 g/mol. The molecule has 0 bridgehead atoms. The zero-order valence-corrected chi connectivity index (χ0v) is 9.03. The number of rotatable bonds is 5. The van der Waals surface area contributed by atoms with Gasteiger partial charge >= 0.3 is 0 Å². The predicted molar refractivity (Wildman–Crippen MR) is 58.6 cm³/mol. The fourth-order valence-corrected chi connectivity index (χ4v) is 1.76. The first-order chi connectivity index (χ1) is 7.24. The minimum atomic E-state index is 0.282. The molecule has 1 aromatic rings. The summed E-state index contributed by atoms with van der Waals surface area (Å²) in [5, 5.41) is 12.2. The van der Waals surface area contributed by atoms with Gasteiger partial charge in [0.15, 0.2) is 0 Å². The third-order valence-corrected chi connectivity index (χ3v) is 3.02. The van der Waals surface area contributed by atoms with Crippen LogP contribution in [0.1, 0.15) is 25.1 Å². The fraction of sp³-hybridized carbons (Fsp3) is 0.636. The van der Waals surface area contributed by atoms with Crippen molar-refractivity contribution in [1.29, 1.82) is 0 Å². The van der Waals surface area contributed by atoms with Crippen LogP contribution in [-0.4, -0.2) is 28.2 Å². The standard InChI is InChI=1S/C11H17N3O/c1-9-12-6-2-10(14-9)13-8-11(3-4-11)5-7-15/h2,6,15H,3-5,7-8H2,1H3,(H,12,13,14). The lowest BCUT2D eigenvalue weighted by Gasteiger charge is -2.14. The molecule has 0 aromatic carbocycles. The number of nitrogens with one attached hydrogen (secondary N) is 1. The minimum absolute atomic E-state index is 0.282. The van der Waals surface area contributed by atoms with Crippen LogP contribution >= 0.6 is 0 Å². The van der Waals surface area contributed by atoms with Gasteiger partial charge in [0, 0.05) is 19.3 Å². The third-order valence-electron chi connectivity index (χ3n) is 3.02. The molecule has 1 saturated carbocycles. The topological polar surface area (TPSA) is 58.0 Å². The summed E-state index contributed by atoms with van der Waals surface area (Å²) >= 11 is 0. The zero-order valence-electron chi connectivity index (χ0n) is 9.03. The van der Waals surface area contributed by atoms with Crippen LogP contribution in [-0.2, 0) is 0 Å². The number of aliphatic hydroxyl groups excluding tert-OH is 1. The lowest BCUT2D eigenvalue weighted by atomic mass is 10.0. The Bertz CT molecular complexity index is 336. The molecule has 15 heavy (non-hydrogen) atoms. The van der Waals surface area contributed by atoms with Crippen LogP contribution in [0.5, 0.6) is 0 Å². The van der Waals surface area contributed by atoms with Crippen LogP contribution in [0.2, 0.25) is 0 Å². The van der Waals surface area contributed by atoms with Gasteiger partial charge in [0.05, 0.1) is 0 Å². The van der Waals surface area contributed by atoms with Crippen molar-refractivity contribution in [1.82, 2.24) is 9.97 Å². The minimum Gasteiger partial charge on any atom is -0.396 e. The Morgan fingerprint density at radius 3 is 2.93 bits per heavy atom. The predicted octanol–water partition coefficient (Wildman–Crippen LogP) is 1.36. The largest absolute Gasteiger partial charge is 0.396 e. The maximum atomic E-state index is 8.93. The number of aryl methyl sites for hydroxylation is 1. The van der Waals surface area contributed by atoms with E-state index in [-0.39, 0.29) is 6.61 Å². The van der Waals surface area contributed by atoms with Crippen LogP contribution < -0.4 is 5.32 Å². The van der Waals surface area contributed by atoms with E-state index in [1.807, 2.05) is 13.0 Å². The molecule has 0 unspecified atom stereocenters. The van der Waals surface area contributed by atoms with Gasteiger partial charge in [-0.15, -0.1) is 0 Å². The molecule has 0 aliphatic heterocycles. The first-order valence-electron chi connectivity index (χ1n) is 5.39. The third kappa shape index (κ3) is 2.65. The maximum Gasteiger partial charge on any atom is 0.129 e. The van der Waals surface area contributed by atoms with Gasteiger partial charge in [0.2, 0.25) is 0 Å². The summed E-state index contributed by atoms with van der Waals surface area (Å²) in [6.45, 7) is 3.07. The summed E-state index contributed by atoms with van der Waals surface area (Å²) in [7, 11) is 0. The van der Waals surface area contributed by atoms with Gasteiger partial charge in [-0.1, -0.05) is 0 Å². The van der Waals surface area contributed by atoms with Crippen molar-refractivity contribution in [3.63, 3.8) is 0 Å². The fourth-order valence-electron chi connectivity index (χ4n) is 1.76. The maximum absolute atomic E-state index is 8.93. The lowest BCUT2D eigenvalue weighted by Crippen LogP contribution is -2.17. The second kappa shape index (κ2) is 4.14. The Hall–Kier alpha value is -1.16. The van der Waals surface area contributed by atoms with Crippen molar-refractivity contribution in [3.05, 3.63) is 18.1 Å². The Kier molecular flexibility index (Phi) is 2.86. The Labute approximate surface area is 89.8 Å². The van der Waals surface area contributed by atoms with E-state index >= 15 is 0 Å². The molecular weight excluding hydrogens is 190 g/mol. The highest BCUT2D eigenvalue weighted by atomic mass is 16.3. The van der Waals surface area contributed by atoms with Gasteiger partial charge < -0.3 is 10.4 Å². The van der Waals surface area contributed by atoms with Crippen LogP contribution in [0.15, 0.2) is 12.3 Å². The number of hydrogen-bond donors (Lipinski definition) is 2. The van der Waals surface area contributed by atoms with Crippen molar-refractivity contribution in [2.75, 3.05) is 18.5 Å². The summed E-state index contributed by atoms with van der Waals surface area (Å²) in [4.78, 5) is 8.32. The molecule has 4 nitrogen and oxygen atoms in total. The summed E-state index contributed by atoms with van der Waals surface area (Å²) in [6.07, 6.45) is 5.08. The number of hydrogen-bond acceptors (Lipinski definition) is 4. The van der Waals surface area contributed by atoms with E-state index in [2.05, 4.69) is 15.3 Å². The normalized spacial score (nSPS) is 17.5. The second-order valence-corrected chi connectivity index (χ2v) is 4.32. The van der Waals surface area contributed by atoms with Crippen molar-refractivity contribution in [2.45, 2.75) is 26.2 Å². The average Bonchev–Trinajstić information content (AvgIpc) is 2.97. The van der Waals surface area contributed by atoms with Crippen LogP contribution in [0, 0.1) is 12.3 Å².